The second-order valence-corrected chi connectivity index (χ2v) is 16.0. The molecule has 4 rings (SSSR count). The van der Waals surface area contributed by atoms with Crippen LogP contribution in [-0.4, -0.2) is 118 Å². The van der Waals surface area contributed by atoms with Gasteiger partial charge in [0, 0.05) is 29.3 Å². The highest BCUT2D eigenvalue weighted by molar-refractivity contribution is 7.29. The van der Waals surface area contributed by atoms with Gasteiger partial charge in [-0.05, 0) is 48.5 Å². The molecule has 0 saturated heterocycles. The molecule has 0 aliphatic rings. The molecule has 0 aliphatic heterocycles. The fourth-order valence-corrected chi connectivity index (χ4v) is 8.74. The highest BCUT2D eigenvalue weighted by Crippen LogP contribution is 2.43. The van der Waals surface area contributed by atoms with E-state index in [0.717, 1.165) is 29.3 Å². The third-order valence-corrected chi connectivity index (χ3v) is 12.3. The number of carboxylic acid groups (broad SMARTS) is 4. The van der Waals surface area contributed by atoms with Crippen molar-refractivity contribution < 1.29 is 68.4 Å². The van der Waals surface area contributed by atoms with Gasteiger partial charge in [0.25, 0.3) is 11.8 Å². The van der Waals surface area contributed by atoms with E-state index in [-0.39, 0.29) is 0 Å². The van der Waals surface area contributed by atoms with Gasteiger partial charge in [-0.1, -0.05) is 0 Å². The molecule has 4 aromatic rings. The van der Waals surface area contributed by atoms with Crippen LogP contribution < -0.4 is 31.9 Å². The fraction of sp³-hybridized carbons (Fsp3) is 0.235. The molecular formula is C34H32N6O14S4. The van der Waals surface area contributed by atoms with Crippen molar-refractivity contribution in [1.82, 2.24) is 31.9 Å². The first-order chi connectivity index (χ1) is 27.5. The zero-order valence-electron chi connectivity index (χ0n) is 29.5. The molecule has 20 nitrogen and oxygen atoms in total. The average molecular weight is 877 g/mol. The van der Waals surface area contributed by atoms with Crippen molar-refractivity contribution in [2.75, 3.05) is 26.2 Å². The lowest BCUT2D eigenvalue weighted by Gasteiger charge is -2.12. The normalized spacial score (nSPS) is 11.7. The average Bonchev–Trinajstić information content (AvgIpc) is 4.00. The van der Waals surface area contributed by atoms with Gasteiger partial charge in [-0.2, -0.15) is 0 Å². The van der Waals surface area contributed by atoms with Crippen LogP contribution in [0.1, 0.15) is 32.2 Å². The van der Waals surface area contributed by atoms with Crippen LogP contribution in [0.15, 0.2) is 48.5 Å². The van der Waals surface area contributed by atoms with Crippen LogP contribution in [0.25, 0.3) is 29.3 Å². The third kappa shape index (κ3) is 13.3. The Bertz CT molecular complexity index is 2090. The van der Waals surface area contributed by atoms with Crippen molar-refractivity contribution in [3.8, 4) is 29.3 Å². The first-order valence-corrected chi connectivity index (χ1v) is 19.7. The molecule has 4 heterocycles. The molecule has 0 aliphatic carbocycles. The Morgan fingerprint density at radius 2 is 0.707 bits per heavy atom. The van der Waals surface area contributed by atoms with Crippen molar-refractivity contribution in [1.29, 1.82) is 0 Å². The molecule has 0 fully saturated rings. The van der Waals surface area contributed by atoms with Gasteiger partial charge in [0.1, 0.15) is 12.1 Å². The number of rotatable bonds is 21. The van der Waals surface area contributed by atoms with Crippen LogP contribution in [0.5, 0.6) is 0 Å². The summed E-state index contributed by atoms with van der Waals surface area (Å²) in [4.78, 5) is 123. The lowest BCUT2D eigenvalue weighted by atomic mass is 10.2. The highest BCUT2D eigenvalue weighted by Gasteiger charge is 2.25. The molecular weight excluding hydrogens is 845 g/mol. The Morgan fingerprint density at radius 1 is 0.414 bits per heavy atom. The Morgan fingerprint density at radius 3 is 1.02 bits per heavy atom. The monoisotopic (exact) mass is 876 g/mol. The zero-order chi connectivity index (χ0) is 42.5. The van der Waals surface area contributed by atoms with Crippen molar-refractivity contribution in [2.45, 2.75) is 24.9 Å². The minimum absolute atomic E-state index is 0.318. The van der Waals surface area contributed by atoms with E-state index >= 15 is 0 Å². The highest BCUT2D eigenvalue weighted by atomic mass is 32.1. The van der Waals surface area contributed by atoms with Crippen LogP contribution in [0, 0.1) is 0 Å². The number of hydrogen-bond acceptors (Lipinski definition) is 14. The van der Waals surface area contributed by atoms with Gasteiger partial charge in [0.2, 0.25) is 23.6 Å². The van der Waals surface area contributed by atoms with E-state index in [1.165, 1.54) is 45.3 Å². The number of carboxylic acids is 4. The Labute approximate surface area is 342 Å². The van der Waals surface area contributed by atoms with E-state index in [9.17, 15) is 47.9 Å². The van der Waals surface area contributed by atoms with Crippen molar-refractivity contribution >= 4 is 105 Å². The molecule has 0 aromatic carbocycles. The molecule has 0 bridgehead atoms. The largest absolute Gasteiger partial charge is 0.481 e. The lowest BCUT2D eigenvalue weighted by molar-refractivity contribution is -0.147. The number of hydrogen-bond donors (Lipinski definition) is 10. The molecule has 0 radical (unpaired) electrons. The van der Waals surface area contributed by atoms with E-state index in [4.69, 9.17) is 20.4 Å². The maximum absolute atomic E-state index is 12.7. The topological polar surface area (TPSA) is 324 Å². The predicted molar refractivity (Wildman–Crippen MR) is 209 cm³/mol. The van der Waals surface area contributed by atoms with Gasteiger partial charge in [-0.3, -0.25) is 38.4 Å². The summed E-state index contributed by atoms with van der Waals surface area (Å²) >= 11 is 5.36. The molecule has 58 heavy (non-hydrogen) atoms. The van der Waals surface area contributed by atoms with Gasteiger partial charge in [-0.15, -0.1) is 45.3 Å². The summed E-state index contributed by atoms with van der Waals surface area (Å²) in [7, 11) is 0. The van der Waals surface area contributed by atoms with Crippen LogP contribution >= 0.6 is 45.3 Å². The first kappa shape index (κ1) is 44.2. The van der Waals surface area contributed by atoms with Crippen LogP contribution in [0.3, 0.4) is 0 Å². The van der Waals surface area contributed by atoms with Gasteiger partial charge in [-0.25, -0.2) is 9.59 Å². The van der Waals surface area contributed by atoms with E-state index < -0.39 is 110 Å². The molecule has 0 spiro atoms. The Balaban J connectivity index is 1.23. The predicted octanol–water partition coefficient (Wildman–Crippen LogP) is 0.714. The summed E-state index contributed by atoms with van der Waals surface area (Å²) in [5.41, 5.74) is 0. The van der Waals surface area contributed by atoms with Gasteiger partial charge in [0.05, 0.1) is 48.8 Å². The molecule has 0 unspecified atom stereocenters. The van der Waals surface area contributed by atoms with Gasteiger partial charge < -0.3 is 52.3 Å². The molecule has 24 heteroatoms. The standard InChI is InChI=1S/C34H32N6O14S4/c41-25(35-13-27(43)39-15(33(51)52)9-29(45)46)11-37-31(49)23-7-5-21(57-23)19-3-1-17(55-19)18-2-4-20(56-18)22-6-8-24(58-22)32(50)38-12-26(42)36-14-28(44)40-16(34(53)54)10-30(47)48/h1-8,15-16H,9-14H2,(H,35,41)(H,36,42)(H,37,49)(H,38,50)(H,39,43)(H,40,44)(H,45,46)(H,47,48)(H,51,52)(H,53,54)/t15-,16-/m0/s1. The zero-order valence-corrected chi connectivity index (χ0v) is 32.8. The smallest absolute Gasteiger partial charge is 0.326 e. The third-order valence-electron chi connectivity index (χ3n) is 7.34. The molecule has 6 amide bonds. The number of nitrogens with one attached hydrogen (secondary N) is 6. The lowest BCUT2D eigenvalue weighted by Crippen LogP contribution is -2.47. The van der Waals surface area contributed by atoms with Gasteiger partial charge >= 0.3 is 23.9 Å². The summed E-state index contributed by atoms with van der Waals surface area (Å²) in [5, 5.41) is 48.8. The summed E-state index contributed by atoms with van der Waals surface area (Å²) in [5.74, 6) is -10.3. The van der Waals surface area contributed by atoms with E-state index in [0.29, 0.717) is 9.75 Å². The van der Waals surface area contributed by atoms with Crippen molar-refractivity contribution in [3.63, 3.8) is 0 Å². The number of thiophene rings is 4. The second kappa shape index (κ2) is 20.6. The SMILES string of the molecule is O=C(O)C[C@H](NC(=O)CNC(=O)CNC(=O)c1ccc(-c2ccc(-c3ccc(-c4ccc(C(=O)NCC(=O)NCC(=O)N[C@@H](CC(=O)O)C(=O)O)s4)s3)s2)s1)C(=O)O. The summed E-state index contributed by atoms with van der Waals surface area (Å²) in [6.45, 7) is -2.21. The fourth-order valence-electron chi connectivity index (χ4n) is 4.61. The quantitative estimate of drug-likeness (QED) is 0.0552. The first-order valence-electron chi connectivity index (χ1n) is 16.5. The summed E-state index contributed by atoms with van der Waals surface area (Å²) < 4.78 is 0. The van der Waals surface area contributed by atoms with Crippen LogP contribution in [0.2, 0.25) is 0 Å². The molecule has 4 aromatic heterocycles. The number of carbonyl (C=O) groups is 10. The molecule has 2 atom stereocenters. The Hall–Kier alpha value is -6.50. The van der Waals surface area contributed by atoms with E-state index in [1.54, 1.807) is 24.3 Å². The number of aliphatic carboxylic acids is 4. The molecule has 306 valence electrons. The summed E-state index contributed by atoms with van der Waals surface area (Å²) in [6.07, 6.45) is -1.69. The van der Waals surface area contributed by atoms with Crippen LogP contribution in [-0.2, 0) is 38.4 Å². The van der Waals surface area contributed by atoms with Crippen molar-refractivity contribution in [2.24, 2.45) is 0 Å². The maximum atomic E-state index is 12.7. The van der Waals surface area contributed by atoms with E-state index in [2.05, 4.69) is 21.3 Å². The maximum Gasteiger partial charge on any atom is 0.326 e. The summed E-state index contributed by atoms with van der Waals surface area (Å²) in [6, 6.07) is 11.0. The minimum atomic E-state index is -1.67. The minimum Gasteiger partial charge on any atom is -0.481 e. The molecule has 10 N–H and O–H groups in total. The van der Waals surface area contributed by atoms with Crippen molar-refractivity contribution in [3.05, 3.63) is 58.3 Å². The number of amides is 6. The molecule has 0 saturated carbocycles. The van der Waals surface area contributed by atoms with Crippen LogP contribution in [0.4, 0.5) is 0 Å². The Kier molecular flexibility index (Phi) is 15.7. The van der Waals surface area contributed by atoms with E-state index in [1.807, 2.05) is 34.9 Å². The number of carbonyl (C=O) groups excluding carboxylic acids is 6. The second-order valence-electron chi connectivity index (χ2n) is 11.7. The van der Waals surface area contributed by atoms with Gasteiger partial charge in [0.15, 0.2) is 0 Å².